The first-order chi connectivity index (χ1) is 8.78. The Morgan fingerprint density at radius 1 is 1.33 bits per heavy atom. The second-order valence-electron chi connectivity index (χ2n) is 4.36. The number of carbonyl (C=O) groups excluding carboxylic acids is 1. The summed E-state index contributed by atoms with van der Waals surface area (Å²) in [5.41, 5.74) is 3.30. The molecular weight excluding hydrogens is 310 g/mol. The first-order valence-electron chi connectivity index (χ1n) is 5.83. The van der Waals surface area contributed by atoms with Crippen LogP contribution in [0.4, 0.5) is 5.69 Å². The van der Waals surface area contributed by atoms with Gasteiger partial charge in [-0.05, 0) is 57.6 Å². The van der Waals surface area contributed by atoms with Crippen molar-refractivity contribution in [2.45, 2.75) is 13.0 Å². The van der Waals surface area contributed by atoms with E-state index in [2.05, 4.69) is 32.3 Å². The van der Waals surface area contributed by atoms with Gasteiger partial charge in [-0.1, -0.05) is 0 Å². The number of rotatable bonds is 2. The highest BCUT2D eigenvalue weighted by Crippen LogP contribution is 2.30. The molecule has 4 heteroatoms. The Balaban J connectivity index is 1.88. The number of halogens is 1. The van der Waals surface area contributed by atoms with Crippen LogP contribution in [-0.4, -0.2) is 12.8 Å². The average molecular weight is 322 g/mol. The molecule has 2 aromatic rings. The zero-order valence-electron chi connectivity index (χ0n) is 9.73. The number of aldehydes is 1. The largest absolute Gasteiger partial charge is 0.367 e. The van der Waals surface area contributed by atoms with Crippen molar-refractivity contribution >= 4 is 39.2 Å². The minimum Gasteiger partial charge on any atom is -0.367 e. The van der Waals surface area contributed by atoms with E-state index in [0.29, 0.717) is 5.56 Å². The van der Waals surface area contributed by atoms with Gasteiger partial charge in [0.25, 0.3) is 0 Å². The smallest absolute Gasteiger partial charge is 0.151 e. The van der Waals surface area contributed by atoms with E-state index in [4.69, 9.17) is 0 Å². The SMILES string of the molecule is O=Cc1ccc(N2CCc3sccc3C2)cc1Br. The van der Waals surface area contributed by atoms with E-state index >= 15 is 0 Å². The van der Waals surface area contributed by atoms with Gasteiger partial charge in [-0.3, -0.25) is 4.79 Å². The van der Waals surface area contributed by atoms with Crippen LogP contribution in [0.25, 0.3) is 0 Å². The summed E-state index contributed by atoms with van der Waals surface area (Å²) in [6, 6.07) is 8.13. The summed E-state index contributed by atoms with van der Waals surface area (Å²) in [6.07, 6.45) is 1.99. The fourth-order valence-electron chi connectivity index (χ4n) is 2.28. The predicted octanol–water partition coefficient (Wildman–Crippen LogP) is 3.89. The number of nitrogens with zero attached hydrogens (tertiary/aromatic N) is 1. The van der Waals surface area contributed by atoms with Gasteiger partial charge in [0.2, 0.25) is 0 Å². The number of carbonyl (C=O) groups is 1. The molecule has 92 valence electrons. The summed E-state index contributed by atoms with van der Waals surface area (Å²) in [4.78, 5) is 14.7. The molecular formula is C14H12BrNOS. The summed E-state index contributed by atoms with van der Waals surface area (Å²) in [7, 11) is 0. The molecule has 0 saturated carbocycles. The van der Waals surface area contributed by atoms with Crippen molar-refractivity contribution < 1.29 is 4.79 Å². The van der Waals surface area contributed by atoms with Crippen LogP contribution >= 0.6 is 27.3 Å². The number of benzene rings is 1. The van der Waals surface area contributed by atoms with Gasteiger partial charge in [0.1, 0.15) is 0 Å². The summed E-state index contributed by atoms with van der Waals surface area (Å²) >= 11 is 5.29. The first kappa shape index (κ1) is 11.9. The molecule has 0 unspecified atom stereocenters. The van der Waals surface area contributed by atoms with Crippen LogP contribution in [0.3, 0.4) is 0 Å². The van der Waals surface area contributed by atoms with Crippen LogP contribution < -0.4 is 4.90 Å². The fraction of sp³-hybridized carbons (Fsp3) is 0.214. The summed E-state index contributed by atoms with van der Waals surface area (Å²) < 4.78 is 0.867. The first-order valence-corrected chi connectivity index (χ1v) is 7.50. The van der Waals surface area contributed by atoms with Crippen LogP contribution in [0, 0.1) is 0 Å². The lowest BCUT2D eigenvalue weighted by molar-refractivity contribution is 0.112. The molecule has 18 heavy (non-hydrogen) atoms. The molecule has 2 nitrogen and oxygen atoms in total. The Labute approximate surface area is 118 Å². The van der Waals surface area contributed by atoms with E-state index < -0.39 is 0 Å². The van der Waals surface area contributed by atoms with Crippen molar-refractivity contribution in [3.63, 3.8) is 0 Å². The number of hydrogen-bond donors (Lipinski definition) is 0. The zero-order chi connectivity index (χ0) is 12.5. The maximum absolute atomic E-state index is 10.8. The van der Waals surface area contributed by atoms with Gasteiger partial charge in [-0.2, -0.15) is 0 Å². The number of hydrogen-bond acceptors (Lipinski definition) is 3. The van der Waals surface area contributed by atoms with Crippen LogP contribution in [0.1, 0.15) is 20.8 Å². The third kappa shape index (κ3) is 2.10. The van der Waals surface area contributed by atoms with Crippen LogP contribution in [0.5, 0.6) is 0 Å². The van der Waals surface area contributed by atoms with Gasteiger partial charge in [-0.25, -0.2) is 0 Å². The van der Waals surface area contributed by atoms with Crippen LogP contribution in [0.15, 0.2) is 34.1 Å². The highest BCUT2D eigenvalue weighted by Gasteiger charge is 2.17. The number of anilines is 1. The topological polar surface area (TPSA) is 20.3 Å². The van der Waals surface area contributed by atoms with Gasteiger partial charge in [-0.15, -0.1) is 11.3 Å². The summed E-state index contributed by atoms with van der Waals surface area (Å²) in [6.45, 7) is 2.01. The van der Waals surface area contributed by atoms with Crippen LogP contribution in [0.2, 0.25) is 0 Å². The summed E-state index contributed by atoms with van der Waals surface area (Å²) in [5, 5.41) is 2.17. The molecule has 0 spiro atoms. The molecule has 0 saturated heterocycles. The molecule has 0 N–H and O–H groups in total. The highest BCUT2D eigenvalue weighted by atomic mass is 79.9. The van der Waals surface area contributed by atoms with Gasteiger partial charge < -0.3 is 4.90 Å². The molecule has 1 aliphatic rings. The highest BCUT2D eigenvalue weighted by molar-refractivity contribution is 9.10. The quantitative estimate of drug-likeness (QED) is 0.782. The Bertz CT molecular complexity index is 593. The Kier molecular flexibility index (Phi) is 3.22. The molecule has 1 aromatic carbocycles. The lowest BCUT2D eigenvalue weighted by atomic mass is 10.1. The van der Waals surface area contributed by atoms with Gasteiger partial charge in [0.15, 0.2) is 6.29 Å². The molecule has 0 bridgehead atoms. The molecule has 3 rings (SSSR count). The monoisotopic (exact) mass is 321 g/mol. The zero-order valence-corrected chi connectivity index (χ0v) is 12.1. The van der Waals surface area contributed by atoms with E-state index in [1.54, 1.807) is 0 Å². The van der Waals surface area contributed by atoms with Crippen molar-refractivity contribution in [3.05, 3.63) is 50.1 Å². The van der Waals surface area contributed by atoms with Crippen molar-refractivity contribution in [1.29, 1.82) is 0 Å². The lowest BCUT2D eigenvalue weighted by Crippen LogP contribution is -2.29. The third-order valence-electron chi connectivity index (χ3n) is 3.28. The Morgan fingerprint density at radius 3 is 3.00 bits per heavy atom. The van der Waals surface area contributed by atoms with E-state index in [-0.39, 0.29) is 0 Å². The molecule has 0 aliphatic carbocycles. The third-order valence-corrected chi connectivity index (χ3v) is 4.99. The maximum atomic E-state index is 10.8. The maximum Gasteiger partial charge on any atom is 0.151 e. The molecule has 0 amide bonds. The van der Waals surface area contributed by atoms with E-state index in [1.165, 1.54) is 16.1 Å². The van der Waals surface area contributed by atoms with Gasteiger partial charge in [0.05, 0.1) is 0 Å². The van der Waals surface area contributed by atoms with Gasteiger partial charge in [0, 0.05) is 33.7 Å². The van der Waals surface area contributed by atoms with E-state index in [9.17, 15) is 4.79 Å². The normalized spacial score (nSPS) is 14.4. The Hall–Kier alpha value is -1.13. The second-order valence-corrected chi connectivity index (χ2v) is 6.22. The van der Waals surface area contributed by atoms with Gasteiger partial charge >= 0.3 is 0 Å². The lowest BCUT2D eigenvalue weighted by Gasteiger charge is -2.29. The van der Waals surface area contributed by atoms with Crippen molar-refractivity contribution in [2.24, 2.45) is 0 Å². The Morgan fingerprint density at radius 2 is 2.22 bits per heavy atom. The molecule has 2 heterocycles. The molecule has 1 aliphatic heterocycles. The predicted molar refractivity (Wildman–Crippen MR) is 78.6 cm³/mol. The second kappa shape index (κ2) is 4.86. The minimum atomic E-state index is 0.701. The van der Waals surface area contributed by atoms with Crippen molar-refractivity contribution in [1.82, 2.24) is 0 Å². The van der Waals surface area contributed by atoms with Crippen molar-refractivity contribution in [2.75, 3.05) is 11.4 Å². The van der Waals surface area contributed by atoms with E-state index in [1.807, 2.05) is 29.5 Å². The molecule has 1 aromatic heterocycles. The van der Waals surface area contributed by atoms with E-state index in [0.717, 1.165) is 30.3 Å². The molecule has 0 atom stereocenters. The minimum absolute atomic E-state index is 0.701. The van der Waals surface area contributed by atoms with Crippen molar-refractivity contribution in [3.8, 4) is 0 Å². The molecule has 0 radical (unpaired) electrons. The average Bonchev–Trinajstić information content (AvgIpc) is 2.85. The van der Waals surface area contributed by atoms with Crippen LogP contribution in [-0.2, 0) is 13.0 Å². The standard InChI is InChI=1S/C14H12BrNOS/c15-13-7-12(2-1-11(13)9-17)16-5-3-14-10(8-16)4-6-18-14/h1-2,4,6-7,9H,3,5,8H2. The number of fused-ring (bicyclic) bond motifs is 1. The fourth-order valence-corrected chi connectivity index (χ4v) is 3.63. The molecule has 0 fully saturated rings. The summed E-state index contributed by atoms with van der Waals surface area (Å²) in [5.74, 6) is 0. The number of thiophene rings is 1.